The van der Waals surface area contributed by atoms with E-state index in [1.165, 1.54) is 0 Å². The zero-order chi connectivity index (χ0) is 19.2. The smallest absolute Gasteiger partial charge is 0.255 e. The fraction of sp³-hybridized carbons (Fsp3) is 0.0909. The molecule has 0 aliphatic carbocycles. The molecule has 5 heteroatoms. The van der Waals surface area contributed by atoms with Gasteiger partial charge in [-0.3, -0.25) is 9.59 Å². The van der Waals surface area contributed by atoms with Crippen LogP contribution in [0.4, 0.5) is 5.69 Å². The lowest BCUT2D eigenvalue weighted by atomic mass is 10.1. The first-order chi connectivity index (χ1) is 13.0. The zero-order valence-corrected chi connectivity index (χ0v) is 16.3. The molecular weight excluding hydrogens is 406 g/mol. The van der Waals surface area contributed by atoms with Crippen molar-refractivity contribution in [3.8, 4) is 5.75 Å². The molecule has 0 aliphatic heterocycles. The third-order valence-corrected chi connectivity index (χ3v) is 4.47. The van der Waals surface area contributed by atoms with Gasteiger partial charge in [-0.25, -0.2) is 0 Å². The summed E-state index contributed by atoms with van der Waals surface area (Å²) < 4.78 is 6.68. The molecule has 0 saturated carbocycles. The molecule has 3 aromatic rings. The van der Waals surface area contributed by atoms with Gasteiger partial charge in [-0.1, -0.05) is 52.3 Å². The van der Waals surface area contributed by atoms with Crippen molar-refractivity contribution in [2.75, 3.05) is 5.32 Å². The molecule has 0 bridgehead atoms. The highest BCUT2D eigenvalue weighted by molar-refractivity contribution is 9.10. The minimum atomic E-state index is -0.634. The Hall–Kier alpha value is -2.92. The summed E-state index contributed by atoms with van der Waals surface area (Å²) in [4.78, 5) is 24.8. The van der Waals surface area contributed by atoms with Crippen LogP contribution in [0.25, 0.3) is 0 Å². The zero-order valence-electron chi connectivity index (χ0n) is 14.7. The summed E-state index contributed by atoms with van der Waals surface area (Å²) in [5.74, 6) is 0.202. The molecule has 27 heavy (non-hydrogen) atoms. The van der Waals surface area contributed by atoms with Crippen LogP contribution < -0.4 is 10.1 Å². The van der Waals surface area contributed by atoms with Crippen molar-refractivity contribution >= 4 is 33.3 Å². The van der Waals surface area contributed by atoms with Gasteiger partial charge in [0.25, 0.3) is 5.91 Å². The van der Waals surface area contributed by atoms with Crippen LogP contribution in [-0.4, -0.2) is 17.8 Å². The summed E-state index contributed by atoms with van der Waals surface area (Å²) in [6, 6.07) is 23.1. The van der Waals surface area contributed by atoms with Crippen LogP contribution in [-0.2, 0) is 0 Å². The number of hydrogen-bond acceptors (Lipinski definition) is 3. The van der Waals surface area contributed by atoms with Crippen molar-refractivity contribution in [2.24, 2.45) is 0 Å². The van der Waals surface area contributed by atoms with E-state index < -0.39 is 6.10 Å². The number of carbonyl (C=O) groups excluding carboxylic acids is 2. The summed E-state index contributed by atoms with van der Waals surface area (Å²) in [5, 5.41) is 2.83. The molecule has 0 aromatic heterocycles. The number of nitrogens with one attached hydrogen (secondary N) is 1. The normalized spacial score (nSPS) is 11.5. The molecule has 1 atom stereocenters. The Morgan fingerprint density at radius 3 is 2.30 bits per heavy atom. The molecule has 0 radical (unpaired) electrons. The van der Waals surface area contributed by atoms with Gasteiger partial charge in [-0.05, 0) is 43.3 Å². The van der Waals surface area contributed by atoms with E-state index in [-0.39, 0.29) is 11.7 Å². The maximum Gasteiger partial charge on any atom is 0.255 e. The number of hydrogen-bond donors (Lipinski definition) is 1. The topological polar surface area (TPSA) is 55.4 Å². The van der Waals surface area contributed by atoms with Gasteiger partial charge in [0.1, 0.15) is 5.75 Å². The predicted molar refractivity (Wildman–Crippen MR) is 109 cm³/mol. The number of carbonyl (C=O) groups is 2. The fourth-order valence-corrected chi connectivity index (χ4v) is 2.81. The standard InChI is InChI=1S/C22H18BrNO3/c1-15(21(25)16-6-3-2-4-7-16)27-20-9-5-8-19(14-20)24-22(26)17-10-12-18(23)13-11-17/h2-15H,1H3,(H,24,26). The average Bonchev–Trinajstić information content (AvgIpc) is 2.68. The molecule has 4 nitrogen and oxygen atoms in total. The van der Waals surface area contributed by atoms with E-state index >= 15 is 0 Å². The SMILES string of the molecule is CC(Oc1cccc(NC(=O)c2ccc(Br)cc2)c1)C(=O)c1ccccc1. The second kappa shape index (κ2) is 8.64. The second-order valence-corrected chi connectivity index (χ2v) is 6.89. The van der Waals surface area contributed by atoms with Gasteiger partial charge in [0.05, 0.1) is 0 Å². The first kappa shape index (κ1) is 18.9. The van der Waals surface area contributed by atoms with E-state index in [2.05, 4.69) is 21.2 Å². The van der Waals surface area contributed by atoms with Crippen molar-refractivity contribution in [3.63, 3.8) is 0 Å². The Bertz CT molecular complexity index is 939. The molecule has 3 rings (SSSR count). The molecule has 0 spiro atoms. The number of amides is 1. The maximum absolute atomic E-state index is 12.4. The first-order valence-corrected chi connectivity index (χ1v) is 9.25. The number of anilines is 1. The van der Waals surface area contributed by atoms with Gasteiger partial charge < -0.3 is 10.1 Å². The Labute approximate surface area is 166 Å². The van der Waals surface area contributed by atoms with Crippen LogP contribution in [0, 0.1) is 0 Å². The van der Waals surface area contributed by atoms with E-state index in [1.54, 1.807) is 55.5 Å². The Balaban J connectivity index is 1.67. The van der Waals surface area contributed by atoms with Crippen molar-refractivity contribution < 1.29 is 14.3 Å². The van der Waals surface area contributed by atoms with Gasteiger partial charge in [-0.2, -0.15) is 0 Å². The highest BCUT2D eigenvalue weighted by atomic mass is 79.9. The van der Waals surface area contributed by atoms with Gasteiger partial charge in [0.2, 0.25) is 5.78 Å². The number of halogens is 1. The van der Waals surface area contributed by atoms with Gasteiger partial charge >= 0.3 is 0 Å². The molecule has 1 N–H and O–H groups in total. The van der Waals surface area contributed by atoms with E-state index in [0.717, 1.165) is 4.47 Å². The monoisotopic (exact) mass is 423 g/mol. The Kier molecular flexibility index (Phi) is 6.04. The molecule has 1 amide bonds. The van der Waals surface area contributed by atoms with Crippen molar-refractivity contribution in [1.82, 2.24) is 0 Å². The number of rotatable bonds is 6. The van der Waals surface area contributed by atoms with Crippen molar-refractivity contribution in [1.29, 1.82) is 0 Å². The quantitative estimate of drug-likeness (QED) is 0.543. The maximum atomic E-state index is 12.4. The molecule has 3 aromatic carbocycles. The van der Waals surface area contributed by atoms with E-state index in [0.29, 0.717) is 22.6 Å². The third kappa shape index (κ3) is 5.05. The summed E-state index contributed by atoms with van der Waals surface area (Å²) in [5.41, 5.74) is 1.75. The molecule has 1 unspecified atom stereocenters. The summed E-state index contributed by atoms with van der Waals surface area (Å²) in [6.45, 7) is 1.71. The lowest BCUT2D eigenvalue weighted by molar-refractivity contribution is 0.0818. The largest absolute Gasteiger partial charge is 0.482 e. The van der Waals surface area contributed by atoms with Crippen LogP contribution in [0.2, 0.25) is 0 Å². The number of ketones is 1. The van der Waals surface area contributed by atoms with Crippen LogP contribution >= 0.6 is 15.9 Å². The van der Waals surface area contributed by atoms with E-state index in [1.807, 2.05) is 30.3 Å². The van der Waals surface area contributed by atoms with Gasteiger partial charge in [0, 0.05) is 27.4 Å². The number of Topliss-reactive ketones (excluding diaryl/α,β-unsaturated/α-hetero) is 1. The third-order valence-electron chi connectivity index (χ3n) is 3.94. The second-order valence-electron chi connectivity index (χ2n) is 5.98. The first-order valence-electron chi connectivity index (χ1n) is 8.46. The Morgan fingerprint density at radius 1 is 0.889 bits per heavy atom. The minimum absolute atomic E-state index is 0.0973. The summed E-state index contributed by atoms with van der Waals surface area (Å²) >= 11 is 3.35. The van der Waals surface area contributed by atoms with Crippen molar-refractivity contribution in [3.05, 3.63) is 94.5 Å². The highest BCUT2D eigenvalue weighted by Gasteiger charge is 2.17. The predicted octanol–water partition coefficient (Wildman–Crippen LogP) is 5.35. The molecule has 0 fully saturated rings. The lowest BCUT2D eigenvalue weighted by Gasteiger charge is -2.15. The molecule has 136 valence electrons. The van der Waals surface area contributed by atoms with Crippen molar-refractivity contribution in [2.45, 2.75) is 13.0 Å². The average molecular weight is 424 g/mol. The molecule has 0 heterocycles. The molecular formula is C22H18BrNO3. The van der Waals surface area contributed by atoms with Gasteiger partial charge in [0.15, 0.2) is 6.10 Å². The summed E-state index contributed by atoms with van der Waals surface area (Å²) in [7, 11) is 0. The fourth-order valence-electron chi connectivity index (χ4n) is 2.55. The molecule has 0 saturated heterocycles. The lowest BCUT2D eigenvalue weighted by Crippen LogP contribution is -2.23. The van der Waals surface area contributed by atoms with Gasteiger partial charge in [-0.15, -0.1) is 0 Å². The van der Waals surface area contributed by atoms with E-state index in [4.69, 9.17) is 4.74 Å². The highest BCUT2D eigenvalue weighted by Crippen LogP contribution is 2.21. The van der Waals surface area contributed by atoms with Crippen LogP contribution in [0.1, 0.15) is 27.6 Å². The van der Waals surface area contributed by atoms with Crippen LogP contribution in [0.5, 0.6) is 5.75 Å². The molecule has 0 aliphatic rings. The number of benzene rings is 3. The van der Waals surface area contributed by atoms with Crippen LogP contribution in [0.3, 0.4) is 0 Å². The Morgan fingerprint density at radius 2 is 1.59 bits per heavy atom. The van der Waals surface area contributed by atoms with Crippen LogP contribution in [0.15, 0.2) is 83.3 Å². The van der Waals surface area contributed by atoms with E-state index in [9.17, 15) is 9.59 Å². The summed E-state index contributed by atoms with van der Waals surface area (Å²) in [6.07, 6.45) is -0.634. The number of ether oxygens (including phenoxy) is 1. The minimum Gasteiger partial charge on any atom is -0.482 e.